The SMILES string of the molecule is CC(C)=C/C=C/C(C)=C/C=C/C=C(C)/C=C/C=C(C)/C=C/C1=C(C)C[C@H](O)CC1(C)C. The summed E-state index contributed by atoms with van der Waals surface area (Å²) in [5.41, 5.74) is 7.62. The Bertz CT molecular complexity index is 869. The average Bonchev–Trinajstić information content (AvgIpc) is 2.63. The quantitative estimate of drug-likeness (QED) is 0.392. The van der Waals surface area contributed by atoms with Crippen LogP contribution < -0.4 is 0 Å². The van der Waals surface area contributed by atoms with Gasteiger partial charge in [0.25, 0.3) is 0 Å². The van der Waals surface area contributed by atoms with Gasteiger partial charge in [-0.2, -0.15) is 0 Å². The van der Waals surface area contributed by atoms with Crippen molar-refractivity contribution in [1.29, 1.82) is 0 Å². The number of hydrogen-bond donors (Lipinski definition) is 1. The molecule has 0 radical (unpaired) electrons. The first-order chi connectivity index (χ1) is 14.5. The molecule has 1 atom stereocenters. The Morgan fingerprint density at radius 1 is 0.774 bits per heavy atom. The van der Waals surface area contributed by atoms with E-state index in [0.717, 1.165) is 12.8 Å². The standard InChI is InChI=1S/C30H42O/c1-23(2)13-11-16-24(3)14-9-10-15-25(4)17-12-18-26(5)19-20-29-27(6)21-28(31)22-30(29,7)8/h9-20,28,31H,21-22H2,1-8H3/b10-9+,16-11+,17-12+,20-19+,24-14+,25-15+,26-18+/t28-/m0/s1. The largest absolute Gasteiger partial charge is 0.393 e. The molecule has 0 saturated heterocycles. The zero-order chi connectivity index (χ0) is 23.4. The molecule has 1 aliphatic rings. The molecule has 1 aliphatic carbocycles. The summed E-state index contributed by atoms with van der Waals surface area (Å²) in [6, 6.07) is 0. The number of allylic oxidation sites excluding steroid dienone is 17. The van der Waals surface area contributed by atoms with Crippen molar-refractivity contribution in [2.24, 2.45) is 5.41 Å². The topological polar surface area (TPSA) is 20.2 Å². The fourth-order valence-electron chi connectivity index (χ4n) is 3.72. The van der Waals surface area contributed by atoms with E-state index in [1.54, 1.807) is 0 Å². The van der Waals surface area contributed by atoms with Crippen molar-refractivity contribution in [2.45, 2.75) is 74.3 Å². The molecule has 0 fully saturated rings. The van der Waals surface area contributed by atoms with Gasteiger partial charge in [0.15, 0.2) is 0 Å². The lowest BCUT2D eigenvalue weighted by Gasteiger charge is -2.35. The van der Waals surface area contributed by atoms with E-state index in [1.807, 2.05) is 0 Å². The minimum atomic E-state index is -0.214. The summed E-state index contributed by atoms with van der Waals surface area (Å²) < 4.78 is 0. The molecule has 0 saturated carbocycles. The smallest absolute Gasteiger partial charge is 0.0585 e. The van der Waals surface area contributed by atoms with E-state index in [2.05, 4.69) is 128 Å². The minimum absolute atomic E-state index is 0.0221. The van der Waals surface area contributed by atoms with Gasteiger partial charge in [0, 0.05) is 0 Å². The van der Waals surface area contributed by atoms with E-state index in [0.29, 0.717) is 0 Å². The Balaban J connectivity index is 2.69. The van der Waals surface area contributed by atoms with Crippen LogP contribution in [0.4, 0.5) is 0 Å². The Labute approximate surface area is 191 Å². The molecule has 31 heavy (non-hydrogen) atoms. The third kappa shape index (κ3) is 11.0. The van der Waals surface area contributed by atoms with Gasteiger partial charge in [-0.25, -0.2) is 0 Å². The van der Waals surface area contributed by atoms with Crippen molar-refractivity contribution in [3.8, 4) is 0 Å². The lowest BCUT2D eigenvalue weighted by molar-refractivity contribution is 0.116. The zero-order valence-corrected chi connectivity index (χ0v) is 20.9. The molecule has 0 aromatic rings. The predicted octanol–water partition coefficient (Wildman–Crippen LogP) is 8.51. The van der Waals surface area contributed by atoms with Crippen LogP contribution in [0.1, 0.15) is 68.2 Å². The van der Waals surface area contributed by atoms with Gasteiger partial charge in [0.1, 0.15) is 0 Å². The highest BCUT2D eigenvalue weighted by molar-refractivity contribution is 5.38. The molecule has 168 valence electrons. The lowest BCUT2D eigenvalue weighted by atomic mass is 9.71. The molecule has 0 unspecified atom stereocenters. The van der Waals surface area contributed by atoms with Crippen LogP contribution in [0.25, 0.3) is 0 Å². The minimum Gasteiger partial charge on any atom is -0.393 e. The summed E-state index contributed by atoms with van der Waals surface area (Å²) >= 11 is 0. The van der Waals surface area contributed by atoms with Crippen LogP contribution in [0, 0.1) is 5.41 Å². The maximum Gasteiger partial charge on any atom is 0.0585 e. The Morgan fingerprint density at radius 2 is 1.26 bits per heavy atom. The normalized spacial score (nSPS) is 21.3. The zero-order valence-electron chi connectivity index (χ0n) is 20.9. The highest BCUT2D eigenvalue weighted by Crippen LogP contribution is 2.41. The van der Waals surface area contributed by atoms with Crippen LogP contribution in [0.2, 0.25) is 0 Å². The summed E-state index contributed by atoms with van der Waals surface area (Å²) in [6.07, 6.45) is 26.8. The van der Waals surface area contributed by atoms with Gasteiger partial charge < -0.3 is 5.11 Å². The highest BCUT2D eigenvalue weighted by Gasteiger charge is 2.31. The maximum absolute atomic E-state index is 10.0. The van der Waals surface area contributed by atoms with E-state index < -0.39 is 0 Å². The molecule has 0 aromatic heterocycles. The van der Waals surface area contributed by atoms with Crippen LogP contribution >= 0.6 is 0 Å². The van der Waals surface area contributed by atoms with Crippen LogP contribution in [-0.4, -0.2) is 11.2 Å². The fraction of sp³-hybridized carbons (Fsp3) is 0.400. The van der Waals surface area contributed by atoms with Crippen molar-refractivity contribution < 1.29 is 5.11 Å². The molecular weight excluding hydrogens is 376 g/mol. The molecule has 1 nitrogen and oxygen atoms in total. The van der Waals surface area contributed by atoms with Gasteiger partial charge in [-0.3, -0.25) is 0 Å². The maximum atomic E-state index is 10.0. The third-order valence-electron chi connectivity index (χ3n) is 5.33. The Hall–Kier alpha value is -2.38. The summed E-state index contributed by atoms with van der Waals surface area (Å²) in [6.45, 7) is 17.1. The van der Waals surface area contributed by atoms with Crippen LogP contribution in [0.3, 0.4) is 0 Å². The highest BCUT2D eigenvalue weighted by atomic mass is 16.3. The first kappa shape index (κ1) is 26.7. The van der Waals surface area contributed by atoms with E-state index in [-0.39, 0.29) is 11.5 Å². The number of hydrogen-bond acceptors (Lipinski definition) is 1. The second kappa shape index (κ2) is 13.1. The van der Waals surface area contributed by atoms with Gasteiger partial charge in [0.05, 0.1) is 6.10 Å². The molecule has 0 aliphatic heterocycles. The summed E-state index contributed by atoms with van der Waals surface area (Å²) in [5.74, 6) is 0. The molecule has 0 heterocycles. The first-order valence-electron chi connectivity index (χ1n) is 11.3. The first-order valence-corrected chi connectivity index (χ1v) is 11.3. The number of rotatable bonds is 8. The second-order valence-electron chi connectivity index (χ2n) is 9.55. The van der Waals surface area contributed by atoms with E-state index in [1.165, 1.54) is 33.4 Å². The number of aliphatic hydroxyl groups is 1. The van der Waals surface area contributed by atoms with Gasteiger partial charge in [0.2, 0.25) is 0 Å². The van der Waals surface area contributed by atoms with E-state index in [4.69, 9.17) is 0 Å². The molecule has 0 amide bonds. The van der Waals surface area contributed by atoms with Crippen LogP contribution in [0.5, 0.6) is 0 Å². The summed E-state index contributed by atoms with van der Waals surface area (Å²) in [7, 11) is 0. The molecule has 0 aromatic carbocycles. The molecular formula is C30H42O. The Kier molecular flexibility index (Phi) is 11.3. The molecule has 1 heteroatoms. The molecule has 0 spiro atoms. The fourth-order valence-corrected chi connectivity index (χ4v) is 3.72. The van der Waals surface area contributed by atoms with Crippen molar-refractivity contribution >= 4 is 0 Å². The molecule has 1 rings (SSSR count). The Morgan fingerprint density at radius 3 is 1.77 bits per heavy atom. The average molecular weight is 419 g/mol. The van der Waals surface area contributed by atoms with Gasteiger partial charge >= 0.3 is 0 Å². The summed E-state index contributed by atoms with van der Waals surface area (Å²) in [4.78, 5) is 0. The third-order valence-corrected chi connectivity index (χ3v) is 5.33. The second-order valence-corrected chi connectivity index (χ2v) is 9.55. The van der Waals surface area contributed by atoms with E-state index >= 15 is 0 Å². The van der Waals surface area contributed by atoms with Crippen molar-refractivity contribution in [3.63, 3.8) is 0 Å². The predicted molar refractivity (Wildman–Crippen MR) is 139 cm³/mol. The van der Waals surface area contributed by atoms with E-state index in [9.17, 15) is 5.11 Å². The van der Waals surface area contributed by atoms with Crippen LogP contribution in [0.15, 0.2) is 106 Å². The van der Waals surface area contributed by atoms with Crippen molar-refractivity contribution in [2.75, 3.05) is 0 Å². The van der Waals surface area contributed by atoms with Crippen LogP contribution in [-0.2, 0) is 0 Å². The number of aliphatic hydroxyl groups excluding tert-OH is 1. The van der Waals surface area contributed by atoms with Gasteiger partial charge in [-0.1, -0.05) is 115 Å². The van der Waals surface area contributed by atoms with Gasteiger partial charge in [-0.05, 0) is 65.4 Å². The summed E-state index contributed by atoms with van der Waals surface area (Å²) in [5, 5.41) is 10.0. The van der Waals surface area contributed by atoms with Gasteiger partial charge in [-0.15, -0.1) is 0 Å². The molecule has 1 N–H and O–H groups in total. The van der Waals surface area contributed by atoms with Crippen molar-refractivity contribution in [1.82, 2.24) is 0 Å². The lowest BCUT2D eigenvalue weighted by Crippen LogP contribution is -2.28. The monoisotopic (exact) mass is 418 g/mol. The molecule has 0 bridgehead atoms. The van der Waals surface area contributed by atoms with Crippen molar-refractivity contribution in [3.05, 3.63) is 106 Å².